The quantitative estimate of drug-likeness (QED) is 0.928. The van der Waals surface area contributed by atoms with Crippen LogP contribution in [0.3, 0.4) is 0 Å². The first-order valence-electron chi connectivity index (χ1n) is 7.35. The van der Waals surface area contributed by atoms with Crippen LogP contribution in [0.5, 0.6) is 0 Å². The summed E-state index contributed by atoms with van der Waals surface area (Å²) in [5.41, 5.74) is 2.94. The number of benzene rings is 1. The maximum atomic E-state index is 5.14. The predicted octanol–water partition coefficient (Wildman–Crippen LogP) is 3.15. The van der Waals surface area contributed by atoms with E-state index in [1.807, 2.05) is 6.92 Å². The molecule has 1 aliphatic carbocycles. The molecule has 0 spiro atoms. The molecule has 1 aliphatic rings. The lowest BCUT2D eigenvalue weighted by molar-refractivity contribution is 0.364. The highest BCUT2D eigenvalue weighted by Gasteiger charge is 2.23. The summed E-state index contributed by atoms with van der Waals surface area (Å²) in [6, 6.07) is 9.23. The van der Waals surface area contributed by atoms with E-state index >= 15 is 0 Å². The minimum Gasteiger partial charge on any atom is -0.339 e. The molecule has 0 aliphatic heterocycles. The van der Waals surface area contributed by atoms with Crippen LogP contribution < -0.4 is 5.32 Å². The molecule has 106 valence electrons. The number of nitrogens with zero attached hydrogens (tertiary/aromatic N) is 2. The topological polar surface area (TPSA) is 51.0 Å². The zero-order valence-corrected chi connectivity index (χ0v) is 12.1. The van der Waals surface area contributed by atoms with E-state index in [1.165, 1.54) is 24.0 Å². The van der Waals surface area contributed by atoms with E-state index in [1.54, 1.807) is 0 Å². The highest BCUT2D eigenvalue weighted by atomic mass is 16.5. The molecule has 1 heterocycles. The first-order chi connectivity index (χ1) is 9.74. The molecule has 0 fully saturated rings. The second kappa shape index (κ2) is 5.75. The molecule has 3 rings (SSSR count). The van der Waals surface area contributed by atoms with Crippen LogP contribution in [0.2, 0.25) is 0 Å². The van der Waals surface area contributed by atoms with Gasteiger partial charge in [0.05, 0.1) is 0 Å². The maximum Gasteiger partial charge on any atom is 0.227 e. The predicted molar refractivity (Wildman–Crippen MR) is 77.6 cm³/mol. The third-order valence-electron chi connectivity index (χ3n) is 4.09. The van der Waals surface area contributed by atoms with Gasteiger partial charge in [-0.3, -0.25) is 0 Å². The van der Waals surface area contributed by atoms with Crippen molar-refractivity contribution < 1.29 is 4.52 Å². The number of rotatable bonds is 4. The fourth-order valence-corrected chi connectivity index (χ4v) is 3.01. The van der Waals surface area contributed by atoms with Crippen LogP contribution in [0.1, 0.15) is 54.6 Å². The van der Waals surface area contributed by atoms with E-state index in [-0.39, 0.29) is 0 Å². The van der Waals surface area contributed by atoms with E-state index in [2.05, 4.69) is 46.6 Å². The summed E-state index contributed by atoms with van der Waals surface area (Å²) in [4.78, 5) is 4.23. The van der Waals surface area contributed by atoms with Gasteiger partial charge in [-0.15, -0.1) is 0 Å². The lowest BCUT2D eigenvalue weighted by Gasteiger charge is -2.30. The average molecular weight is 271 g/mol. The van der Waals surface area contributed by atoms with Gasteiger partial charge in [0.1, 0.15) is 0 Å². The van der Waals surface area contributed by atoms with Crippen LogP contribution >= 0.6 is 0 Å². The summed E-state index contributed by atoms with van der Waals surface area (Å²) in [5.74, 6) is 2.09. The molecule has 2 aromatic rings. The fourth-order valence-electron chi connectivity index (χ4n) is 3.01. The molecule has 0 saturated heterocycles. The number of hydrogen-bond acceptors (Lipinski definition) is 4. The van der Waals surface area contributed by atoms with Crippen LogP contribution in [0, 0.1) is 6.92 Å². The largest absolute Gasteiger partial charge is 0.339 e. The molecule has 4 heteroatoms. The van der Waals surface area contributed by atoms with Gasteiger partial charge in [0.25, 0.3) is 0 Å². The monoisotopic (exact) mass is 271 g/mol. The summed E-state index contributed by atoms with van der Waals surface area (Å²) in [7, 11) is 0. The highest BCUT2D eigenvalue weighted by molar-refractivity contribution is 5.34. The van der Waals surface area contributed by atoms with Crippen LogP contribution in [0.15, 0.2) is 28.8 Å². The Hall–Kier alpha value is -1.68. The molecule has 0 bridgehead atoms. The van der Waals surface area contributed by atoms with Gasteiger partial charge in [-0.2, -0.15) is 4.98 Å². The SMILES string of the molecule is Cc1noc(CCNC2CCC(C)c3ccccc32)n1. The van der Waals surface area contributed by atoms with Gasteiger partial charge in [-0.25, -0.2) is 0 Å². The molecule has 20 heavy (non-hydrogen) atoms. The van der Waals surface area contributed by atoms with Gasteiger partial charge in [0, 0.05) is 19.0 Å². The van der Waals surface area contributed by atoms with Gasteiger partial charge in [0.2, 0.25) is 5.89 Å². The summed E-state index contributed by atoms with van der Waals surface area (Å²) in [5, 5.41) is 7.44. The first kappa shape index (κ1) is 13.3. The summed E-state index contributed by atoms with van der Waals surface area (Å²) < 4.78 is 5.14. The molecule has 0 saturated carbocycles. The summed E-state index contributed by atoms with van der Waals surface area (Å²) >= 11 is 0. The van der Waals surface area contributed by atoms with E-state index in [9.17, 15) is 0 Å². The first-order valence-corrected chi connectivity index (χ1v) is 7.35. The zero-order chi connectivity index (χ0) is 13.9. The molecular weight excluding hydrogens is 250 g/mol. The van der Waals surface area contributed by atoms with E-state index < -0.39 is 0 Å². The lowest BCUT2D eigenvalue weighted by atomic mass is 9.81. The fraction of sp³-hybridized carbons (Fsp3) is 0.500. The van der Waals surface area contributed by atoms with Gasteiger partial charge in [-0.05, 0) is 36.8 Å². The Labute approximate surface area is 119 Å². The third kappa shape index (κ3) is 2.75. The van der Waals surface area contributed by atoms with Gasteiger partial charge in [0.15, 0.2) is 5.82 Å². The Morgan fingerprint density at radius 1 is 1.25 bits per heavy atom. The summed E-state index contributed by atoms with van der Waals surface area (Å²) in [6.07, 6.45) is 3.23. The minimum atomic E-state index is 0.450. The molecule has 2 unspecified atom stereocenters. The number of aromatic nitrogens is 2. The second-order valence-electron chi connectivity index (χ2n) is 5.60. The van der Waals surface area contributed by atoms with E-state index in [4.69, 9.17) is 4.52 Å². The lowest BCUT2D eigenvalue weighted by Crippen LogP contribution is -2.28. The maximum absolute atomic E-state index is 5.14. The molecular formula is C16H21N3O. The van der Waals surface area contributed by atoms with Crippen molar-refractivity contribution >= 4 is 0 Å². The highest BCUT2D eigenvalue weighted by Crippen LogP contribution is 2.36. The minimum absolute atomic E-state index is 0.450. The Morgan fingerprint density at radius 2 is 2.05 bits per heavy atom. The third-order valence-corrected chi connectivity index (χ3v) is 4.09. The van der Waals surface area contributed by atoms with Crippen LogP contribution in [-0.4, -0.2) is 16.7 Å². The molecule has 1 aromatic carbocycles. The number of nitrogens with one attached hydrogen (secondary N) is 1. The normalized spacial score (nSPS) is 21.7. The number of fused-ring (bicyclic) bond motifs is 1. The number of aryl methyl sites for hydroxylation is 1. The Morgan fingerprint density at radius 3 is 2.80 bits per heavy atom. The number of hydrogen-bond donors (Lipinski definition) is 1. The molecule has 1 N–H and O–H groups in total. The summed E-state index contributed by atoms with van der Waals surface area (Å²) in [6.45, 7) is 5.03. The Bertz CT molecular complexity index is 579. The second-order valence-corrected chi connectivity index (χ2v) is 5.60. The van der Waals surface area contributed by atoms with Crippen LogP contribution in [0.25, 0.3) is 0 Å². The van der Waals surface area contributed by atoms with Crippen molar-refractivity contribution in [1.82, 2.24) is 15.5 Å². The van der Waals surface area contributed by atoms with Crippen molar-refractivity contribution in [1.29, 1.82) is 0 Å². The molecule has 2 atom stereocenters. The zero-order valence-electron chi connectivity index (χ0n) is 12.1. The average Bonchev–Trinajstić information content (AvgIpc) is 2.87. The van der Waals surface area contributed by atoms with E-state index in [0.29, 0.717) is 23.7 Å². The van der Waals surface area contributed by atoms with Crippen molar-refractivity contribution in [2.75, 3.05) is 6.54 Å². The van der Waals surface area contributed by atoms with Crippen molar-refractivity contribution in [3.63, 3.8) is 0 Å². The molecule has 0 radical (unpaired) electrons. The van der Waals surface area contributed by atoms with E-state index in [0.717, 1.165) is 13.0 Å². The van der Waals surface area contributed by atoms with Crippen molar-refractivity contribution in [2.24, 2.45) is 0 Å². The van der Waals surface area contributed by atoms with Gasteiger partial charge >= 0.3 is 0 Å². The Balaban J connectivity index is 1.62. The van der Waals surface area contributed by atoms with Crippen molar-refractivity contribution in [2.45, 2.75) is 45.1 Å². The van der Waals surface area contributed by atoms with Crippen molar-refractivity contribution in [3.8, 4) is 0 Å². The molecule has 0 amide bonds. The molecule has 4 nitrogen and oxygen atoms in total. The Kier molecular flexibility index (Phi) is 3.83. The molecule has 1 aromatic heterocycles. The van der Waals surface area contributed by atoms with Gasteiger partial charge in [-0.1, -0.05) is 36.3 Å². The van der Waals surface area contributed by atoms with Crippen LogP contribution in [0.4, 0.5) is 0 Å². The standard InChI is InChI=1S/C16H21N3O/c1-11-7-8-15(14-6-4-3-5-13(11)14)17-10-9-16-18-12(2)19-20-16/h3-6,11,15,17H,7-10H2,1-2H3. The van der Waals surface area contributed by atoms with Gasteiger partial charge < -0.3 is 9.84 Å². The van der Waals surface area contributed by atoms with Crippen LogP contribution in [-0.2, 0) is 6.42 Å². The van der Waals surface area contributed by atoms with Crippen molar-refractivity contribution in [3.05, 3.63) is 47.1 Å². The smallest absolute Gasteiger partial charge is 0.227 e.